The average molecular weight is 225 g/mol. The molecule has 0 rings (SSSR count). The van der Waals surface area contributed by atoms with Crippen molar-refractivity contribution < 1.29 is 9.59 Å². The van der Waals surface area contributed by atoms with Crippen molar-refractivity contribution in [3.63, 3.8) is 0 Å². The zero-order valence-corrected chi connectivity index (χ0v) is 9.20. The smallest absolute Gasteiger partial charge is 0.221 e. The quantitative estimate of drug-likeness (QED) is 0.492. The minimum atomic E-state index is -0.291. The van der Waals surface area contributed by atoms with Crippen molar-refractivity contribution >= 4 is 33.7 Å². The summed E-state index contributed by atoms with van der Waals surface area (Å²) in [4.78, 5) is 20.8. The molecule has 0 saturated heterocycles. The van der Waals surface area contributed by atoms with Crippen molar-refractivity contribution in [2.24, 2.45) is 5.92 Å². The number of carbonyl (C=O) groups excluding carboxylic acids is 2. The number of carbonyl (C=O) groups is 2. The zero-order valence-electron chi connectivity index (χ0n) is 7.69. The summed E-state index contributed by atoms with van der Waals surface area (Å²) in [5.74, 6) is 0.301. The minimum Gasteiger partial charge on any atom is -0.281 e. The molecule has 0 aliphatic rings. The lowest BCUT2D eigenvalue weighted by Gasteiger charge is -2.06. The van der Waals surface area contributed by atoms with Crippen LogP contribution in [0.5, 0.6) is 0 Å². The van der Waals surface area contributed by atoms with Gasteiger partial charge in [0.15, 0.2) is 0 Å². The molecule has 4 heteroatoms. The van der Waals surface area contributed by atoms with E-state index in [0.717, 1.165) is 19.3 Å². The summed E-state index contributed by atoms with van der Waals surface area (Å²) in [6.45, 7) is 1.97. The summed E-state index contributed by atoms with van der Waals surface area (Å²) >= 11 is 10.4. The van der Waals surface area contributed by atoms with E-state index in [0.29, 0.717) is 18.8 Å². The zero-order chi connectivity index (χ0) is 10.3. The van der Waals surface area contributed by atoms with Crippen LogP contribution in [-0.2, 0) is 9.59 Å². The lowest BCUT2D eigenvalue weighted by atomic mass is 10.0. The number of rotatable bonds is 7. The van der Waals surface area contributed by atoms with E-state index >= 15 is 0 Å². The molecule has 0 heterocycles. The molecule has 0 amide bonds. The first-order valence-electron chi connectivity index (χ1n) is 4.39. The highest BCUT2D eigenvalue weighted by atomic mass is 35.5. The van der Waals surface area contributed by atoms with Gasteiger partial charge in [0, 0.05) is 12.8 Å². The monoisotopic (exact) mass is 224 g/mol. The van der Waals surface area contributed by atoms with Gasteiger partial charge in [0.05, 0.1) is 0 Å². The van der Waals surface area contributed by atoms with E-state index in [4.69, 9.17) is 23.2 Å². The summed E-state index contributed by atoms with van der Waals surface area (Å²) < 4.78 is 0. The number of halogens is 2. The van der Waals surface area contributed by atoms with Crippen LogP contribution in [0.3, 0.4) is 0 Å². The molecule has 0 aromatic heterocycles. The van der Waals surface area contributed by atoms with Crippen molar-refractivity contribution in [1.82, 2.24) is 0 Å². The Morgan fingerprint density at radius 3 is 2.23 bits per heavy atom. The van der Waals surface area contributed by atoms with E-state index in [1.807, 2.05) is 6.92 Å². The van der Waals surface area contributed by atoms with Gasteiger partial charge in [-0.15, -0.1) is 0 Å². The molecule has 13 heavy (non-hydrogen) atoms. The van der Waals surface area contributed by atoms with Crippen LogP contribution >= 0.6 is 23.2 Å². The maximum atomic E-state index is 10.5. The van der Waals surface area contributed by atoms with E-state index in [2.05, 4.69) is 0 Å². The normalized spacial score (nSPS) is 12.5. The van der Waals surface area contributed by atoms with Crippen molar-refractivity contribution in [3.8, 4) is 0 Å². The molecule has 0 fully saturated rings. The topological polar surface area (TPSA) is 34.1 Å². The molecule has 0 saturated carbocycles. The van der Waals surface area contributed by atoms with Gasteiger partial charge in [-0.1, -0.05) is 19.8 Å². The molecule has 1 atom stereocenters. The van der Waals surface area contributed by atoms with Crippen molar-refractivity contribution in [3.05, 3.63) is 0 Å². The molecule has 0 N–H and O–H groups in total. The molecule has 0 spiro atoms. The van der Waals surface area contributed by atoms with Crippen molar-refractivity contribution in [2.75, 3.05) is 0 Å². The second-order valence-corrected chi connectivity index (χ2v) is 4.11. The Morgan fingerprint density at radius 2 is 1.77 bits per heavy atom. The Hall–Kier alpha value is -0.0800. The molecular formula is C9H14Cl2O2. The van der Waals surface area contributed by atoms with Gasteiger partial charge in [0.25, 0.3) is 0 Å². The summed E-state index contributed by atoms with van der Waals surface area (Å²) in [7, 11) is 0. The lowest BCUT2D eigenvalue weighted by molar-refractivity contribution is -0.113. The first-order valence-corrected chi connectivity index (χ1v) is 5.14. The predicted octanol–water partition coefficient (Wildman–Crippen LogP) is 3.10. The van der Waals surface area contributed by atoms with Gasteiger partial charge in [-0.2, -0.15) is 0 Å². The average Bonchev–Trinajstić information content (AvgIpc) is 1.96. The summed E-state index contributed by atoms with van der Waals surface area (Å²) in [5, 5.41) is -0.581. The molecule has 0 aromatic rings. The second kappa shape index (κ2) is 7.34. The summed E-state index contributed by atoms with van der Waals surface area (Å²) in [5.41, 5.74) is 0. The van der Waals surface area contributed by atoms with E-state index < -0.39 is 0 Å². The molecule has 0 bridgehead atoms. The number of hydrogen-bond acceptors (Lipinski definition) is 2. The first-order chi connectivity index (χ1) is 6.02. The molecule has 76 valence electrons. The summed E-state index contributed by atoms with van der Waals surface area (Å²) in [6.07, 6.45) is 3.47. The Balaban J connectivity index is 3.31. The van der Waals surface area contributed by atoms with Crippen molar-refractivity contribution in [1.29, 1.82) is 0 Å². The van der Waals surface area contributed by atoms with Gasteiger partial charge >= 0.3 is 0 Å². The molecule has 2 nitrogen and oxygen atoms in total. The van der Waals surface area contributed by atoms with E-state index in [-0.39, 0.29) is 10.5 Å². The Bertz CT molecular complexity index is 180. The number of hydrogen-bond donors (Lipinski definition) is 0. The fraction of sp³-hybridized carbons (Fsp3) is 0.778. The van der Waals surface area contributed by atoms with E-state index in [1.165, 1.54) is 0 Å². The van der Waals surface area contributed by atoms with Crippen LogP contribution in [0.4, 0.5) is 0 Å². The van der Waals surface area contributed by atoms with Crippen LogP contribution in [-0.4, -0.2) is 10.5 Å². The number of unbranched alkanes of at least 4 members (excludes halogenated alkanes) is 1. The fourth-order valence-electron chi connectivity index (χ4n) is 1.13. The Labute approximate surface area is 88.6 Å². The maximum absolute atomic E-state index is 10.5. The largest absolute Gasteiger partial charge is 0.281 e. The Kier molecular flexibility index (Phi) is 7.29. The Morgan fingerprint density at radius 1 is 1.15 bits per heavy atom. The van der Waals surface area contributed by atoms with Crippen LogP contribution in [0.1, 0.15) is 39.0 Å². The van der Waals surface area contributed by atoms with Gasteiger partial charge in [0.2, 0.25) is 10.5 Å². The second-order valence-electron chi connectivity index (χ2n) is 3.27. The van der Waals surface area contributed by atoms with Gasteiger partial charge in [-0.3, -0.25) is 9.59 Å². The molecule has 0 aromatic carbocycles. The third-order valence-electron chi connectivity index (χ3n) is 1.83. The van der Waals surface area contributed by atoms with Gasteiger partial charge < -0.3 is 0 Å². The molecular weight excluding hydrogens is 211 g/mol. The minimum absolute atomic E-state index is 0.291. The highest BCUT2D eigenvalue weighted by Gasteiger charge is 2.06. The fourth-order valence-corrected chi connectivity index (χ4v) is 1.53. The van der Waals surface area contributed by atoms with Crippen LogP contribution < -0.4 is 0 Å². The molecule has 0 radical (unpaired) electrons. The SMILES string of the molecule is CC(CCCCC(=O)Cl)CC(=O)Cl. The highest BCUT2D eigenvalue weighted by Crippen LogP contribution is 2.14. The highest BCUT2D eigenvalue weighted by molar-refractivity contribution is 6.63. The van der Waals surface area contributed by atoms with Crippen LogP contribution in [0, 0.1) is 5.92 Å². The lowest BCUT2D eigenvalue weighted by Crippen LogP contribution is -2.00. The standard InChI is InChI=1S/C9H14Cl2O2/c1-7(6-9(11)13)4-2-3-5-8(10)12/h7H,2-6H2,1H3. The first kappa shape index (κ1) is 12.9. The van der Waals surface area contributed by atoms with Gasteiger partial charge in [-0.25, -0.2) is 0 Å². The van der Waals surface area contributed by atoms with Crippen LogP contribution in [0.2, 0.25) is 0 Å². The van der Waals surface area contributed by atoms with E-state index in [1.54, 1.807) is 0 Å². The molecule has 0 aliphatic carbocycles. The van der Waals surface area contributed by atoms with Gasteiger partial charge in [-0.05, 0) is 35.5 Å². The van der Waals surface area contributed by atoms with Crippen LogP contribution in [0.25, 0.3) is 0 Å². The predicted molar refractivity (Wildman–Crippen MR) is 54.0 cm³/mol. The maximum Gasteiger partial charge on any atom is 0.221 e. The van der Waals surface area contributed by atoms with Crippen molar-refractivity contribution in [2.45, 2.75) is 39.0 Å². The third kappa shape index (κ3) is 9.84. The van der Waals surface area contributed by atoms with Gasteiger partial charge in [0.1, 0.15) is 0 Å². The third-order valence-corrected chi connectivity index (χ3v) is 2.17. The summed E-state index contributed by atoms with van der Waals surface area (Å²) in [6, 6.07) is 0. The van der Waals surface area contributed by atoms with E-state index in [9.17, 15) is 9.59 Å². The van der Waals surface area contributed by atoms with Crippen LogP contribution in [0.15, 0.2) is 0 Å². The molecule has 1 unspecified atom stereocenters. The molecule has 0 aliphatic heterocycles.